The molecule has 1 aliphatic rings. The maximum Gasteiger partial charge on any atom is 0.268 e. The van der Waals surface area contributed by atoms with Gasteiger partial charge >= 0.3 is 0 Å². The van der Waals surface area contributed by atoms with Gasteiger partial charge in [-0.25, -0.2) is 0 Å². The van der Waals surface area contributed by atoms with Gasteiger partial charge in [0.05, 0.1) is 17.2 Å². The van der Waals surface area contributed by atoms with Gasteiger partial charge in [-0.2, -0.15) is 8.42 Å². The van der Waals surface area contributed by atoms with Crippen molar-refractivity contribution in [2.24, 2.45) is 0 Å². The summed E-state index contributed by atoms with van der Waals surface area (Å²) in [7, 11) is -3.56. The summed E-state index contributed by atoms with van der Waals surface area (Å²) in [6.07, 6.45) is 1.65. The van der Waals surface area contributed by atoms with Crippen LogP contribution in [-0.4, -0.2) is 38.2 Å². The Hall–Kier alpha value is -1.87. The molecule has 0 aliphatic heterocycles. The number of H-pyrrole nitrogens is 1. The molecule has 0 bridgehead atoms. The highest BCUT2D eigenvalue weighted by Gasteiger charge is 2.34. The molecule has 9 heteroatoms. The molecule has 2 N–H and O–H groups in total. The van der Waals surface area contributed by atoms with Crippen LogP contribution in [0.1, 0.15) is 27.5 Å². The van der Waals surface area contributed by atoms with Gasteiger partial charge in [0, 0.05) is 17.3 Å². The number of halogens is 1. The first kappa shape index (κ1) is 18.5. The van der Waals surface area contributed by atoms with Crippen molar-refractivity contribution >= 4 is 49.2 Å². The van der Waals surface area contributed by atoms with Gasteiger partial charge in [0.15, 0.2) is 0 Å². The first-order valence-corrected chi connectivity index (χ1v) is 11.3. The molecule has 0 saturated heterocycles. The Bertz CT molecular complexity index is 1090. The number of thiophene rings is 1. The standard InChI is InChI=1S/C18H17ClN2O4S2/c1-27(23,24)25-9-13-12-5-3-2-4-10(12)6-14(13)20-17(22)15-7-11-8-16(19)26-18(11)21-15/h2-5,7-8,13-14,21H,6,9H2,1H3,(H,20,22)/t13-,14-/m1/s1. The van der Waals surface area contributed by atoms with Gasteiger partial charge in [0.1, 0.15) is 10.5 Å². The zero-order chi connectivity index (χ0) is 19.2. The van der Waals surface area contributed by atoms with Crippen LogP contribution in [-0.2, 0) is 20.7 Å². The zero-order valence-corrected chi connectivity index (χ0v) is 16.7. The minimum Gasteiger partial charge on any atom is -0.347 e. The van der Waals surface area contributed by atoms with Gasteiger partial charge in [0.25, 0.3) is 16.0 Å². The molecule has 0 unspecified atom stereocenters. The van der Waals surface area contributed by atoms with Crippen molar-refractivity contribution in [2.75, 3.05) is 12.9 Å². The molecule has 2 heterocycles. The van der Waals surface area contributed by atoms with E-state index in [2.05, 4.69) is 10.3 Å². The molecule has 6 nitrogen and oxygen atoms in total. The third-order valence-corrected chi connectivity index (χ3v) is 6.44. The lowest BCUT2D eigenvalue weighted by Gasteiger charge is -2.21. The maximum absolute atomic E-state index is 12.7. The predicted octanol–water partition coefficient (Wildman–Crippen LogP) is 3.30. The average molecular weight is 425 g/mol. The summed E-state index contributed by atoms with van der Waals surface area (Å²) < 4.78 is 28.5. The molecule has 0 radical (unpaired) electrons. The van der Waals surface area contributed by atoms with E-state index in [1.165, 1.54) is 11.3 Å². The lowest BCUT2D eigenvalue weighted by molar-refractivity contribution is 0.0924. The summed E-state index contributed by atoms with van der Waals surface area (Å²) in [6.45, 7) is -0.00375. The first-order chi connectivity index (χ1) is 12.8. The number of carbonyl (C=O) groups excluding carboxylic acids is 1. The molecule has 0 fully saturated rings. The zero-order valence-electron chi connectivity index (χ0n) is 14.4. The topological polar surface area (TPSA) is 88.3 Å². The number of fused-ring (bicyclic) bond motifs is 2. The molecule has 1 aromatic carbocycles. The van der Waals surface area contributed by atoms with Gasteiger partial charge in [0.2, 0.25) is 0 Å². The van der Waals surface area contributed by atoms with E-state index in [-0.39, 0.29) is 24.5 Å². The van der Waals surface area contributed by atoms with E-state index in [9.17, 15) is 13.2 Å². The van der Waals surface area contributed by atoms with Gasteiger partial charge in [-0.05, 0) is 29.7 Å². The SMILES string of the molecule is CS(=O)(=O)OC[C@@H]1c2ccccc2C[C@H]1NC(=O)c1cc2cc(Cl)sc2[nH]1. The monoisotopic (exact) mass is 424 g/mol. The van der Waals surface area contributed by atoms with E-state index in [0.717, 1.165) is 27.6 Å². The van der Waals surface area contributed by atoms with Crippen molar-refractivity contribution in [3.8, 4) is 0 Å². The van der Waals surface area contributed by atoms with E-state index < -0.39 is 10.1 Å². The highest BCUT2D eigenvalue weighted by atomic mass is 35.5. The fourth-order valence-corrected chi connectivity index (χ4v) is 5.01. The van der Waals surface area contributed by atoms with E-state index >= 15 is 0 Å². The quantitative estimate of drug-likeness (QED) is 0.615. The lowest BCUT2D eigenvalue weighted by atomic mass is 9.99. The number of rotatable bonds is 5. The third kappa shape index (κ3) is 3.89. The van der Waals surface area contributed by atoms with Crippen LogP contribution in [0.4, 0.5) is 0 Å². The summed E-state index contributed by atoms with van der Waals surface area (Å²) in [5, 5.41) is 3.91. The Kier molecular flexibility index (Phi) is 4.75. The van der Waals surface area contributed by atoms with Gasteiger partial charge < -0.3 is 10.3 Å². The Morgan fingerprint density at radius 1 is 1.37 bits per heavy atom. The number of amides is 1. The molecule has 2 aromatic heterocycles. The summed E-state index contributed by atoms with van der Waals surface area (Å²) in [5.74, 6) is -0.470. The fraction of sp³-hybridized carbons (Fsp3) is 0.278. The van der Waals surface area contributed by atoms with Crippen molar-refractivity contribution in [1.29, 1.82) is 0 Å². The summed E-state index contributed by atoms with van der Waals surface area (Å²) in [6, 6.07) is 11.1. The molecule has 27 heavy (non-hydrogen) atoms. The first-order valence-electron chi connectivity index (χ1n) is 8.31. The molecule has 0 saturated carbocycles. The lowest BCUT2D eigenvalue weighted by Crippen LogP contribution is -2.39. The second-order valence-corrected chi connectivity index (χ2v) is 9.92. The van der Waals surface area contributed by atoms with E-state index in [0.29, 0.717) is 16.5 Å². The fourth-order valence-electron chi connectivity index (χ4n) is 3.49. The predicted molar refractivity (Wildman–Crippen MR) is 106 cm³/mol. The second kappa shape index (κ2) is 6.94. The molecular formula is C18H17ClN2O4S2. The van der Waals surface area contributed by atoms with Crippen molar-refractivity contribution < 1.29 is 17.4 Å². The van der Waals surface area contributed by atoms with Crippen LogP contribution >= 0.6 is 22.9 Å². The molecule has 1 amide bonds. The van der Waals surface area contributed by atoms with Crippen molar-refractivity contribution in [3.63, 3.8) is 0 Å². The highest BCUT2D eigenvalue weighted by molar-refractivity contribution is 7.85. The Balaban J connectivity index is 1.55. The summed E-state index contributed by atoms with van der Waals surface area (Å²) in [4.78, 5) is 16.6. The van der Waals surface area contributed by atoms with Crippen LogP contribution < -0.4 is 5.32 Å². The minimum atomic E-state index is -3.56. The van der Waals surface area contributed by atoms with Gasteiger partial charge in [-0.1, -0.05) is 35.9 Å². The van der Waals surface area contributed by atoms with Crippen LogP contribution in [0.3, 0.4) is 0 Å². The molecule has 4 rings (SSSR count). The van der Waals surface area contributed by atoms with Crippen molar-refractivity contribution in [3.05, 3.63) is 57.6 Å². The number of hydrogen-bond acceptors (Lipinski definition) is 5. The Labute approximate surface area is 165 Å². The Morgan fingerprint density at radius 3 is 2.89 bits per heavy atom. The molecule has 2 atom stereocenters. The van der Waals surface area contributed by atoms with Gasteiger partial charge in [-0.15, -0.1) is 11.3 Å². The molecular weight excluding hydrogens is 408 g/mol. The van der Waals surface area contributed by atoms with E-state index in [1.807, 2.05) is 30.3 Å². The number of aromatic nitrogens is 1. The van der Waals surface area contributed by atoms with E-state index in [1.54, 1.807) is 6.07 Å². The van der Waals surface area contributed by atoms with Crippen LogP contribution in [0.25, 0.3) is 10.2 Å². The minimum absolute atomic E-state index is 0.00375. The molecule has 0 spiro atoms. The normalized spacial score (nSPS) is 19.3. The molecule has 142 valence electrons. The number of hydrogen-bond donors (Lipinski definition) is 2. The maximum atomic E-state index is 12.7. The number of benzene rings is 1. The molecule has 1 aliphatic carbocycles. The van der Waals surface area contributed by atoms with Crippen LogP contribution in [0.5, 0.6) is 0 Å². The van der Waals surface area contributed by atoms with Crippen molar-refractivity contribution in [2.45, 2.75) is 18.4 Å². The van der Waals surface area contributed by atoms with Crippen molar-refractivity contribution in [1.82, 2.24) is 10.3 Å². The largest absolute Gasteiger partial charge is 0.347 e. The van der Waals surface area contributed by atoms with Crippen LogP contribution in [0.15, 0.2) is 36.4 Å². The number of nitrogens with one attached hydrogen (secondary N) is 2. The number of aromatic amines is 1. The van der Waals surface area contributed by atoms with E-state index in [4.69, 9.17) is 15.8 Å². The Morgan fingerprint density at radius 2 is 2.15 bits per heavy atom. The average Bonchev–Trinajstić information content (AvgIpc) is 3.22. The summed E-state index contributed by atoms with van der Waals surface area (Å²) in [5.41, 5.74) is 2.54. The third-order valence-electron chi connectivity index (χ3n) is 4.68. The van der Waals surface area contributed by atoms with Crippen LogP contribution in [0.2, 0.25) is 4.34 Å². The highest BCUT2D eigenvalue weighted by Crippen LogP contribution is 2.34. The summed E-state index contributed by atoms with van der Waals surface area (Å²) >= 11 is 7.35. The molecule has 3 aromatic rings. The second-order valence-electron chi connectivity index (χ2n) is 6.60. The van der Waals surface area contributed by atoms with Gasteiger partial charge in [-0.3, -0.25) is 8.98 Å². The smallest absolute Gasteiger partial charge is 0.268 e. The van der Waals surface area contributed by atoms with Crippen LogP contribution in [0, 0.1) is 0 Å². The number of carbonyl (C=O) groups is 1.